The maximum atomic E-state index is 13.0. The number of fused-ring (bicyclic) bond motifs is 2. The second kappa shape index (κ2) is 5.96. The second-order valence-corrected chi connectivity index (χ2v) is 7.45. The molecule has 0 aliphatic carbocycles. The van der Waals surface area contributed by atoms with Crippen LogP contribution in [0.15, 0.2) is 18.7 Å². The van der Waals surface area contributed by atoms with Gasteiger partial charge in [-0.3, -0.25) is 4.79 Å². The monoisotopic (exact) mass is 354 g/mol. The third-order valence-electron chi connectivity index (χ3n) is 5.72. The van der Waals surface area contributed by atoms with Gasteiger partial charge in [-0.15, -0.1) is 0 Å². The molecule has 2 saturated heterocycles. The third kappa shape index (κ3) is 2.43. The van der Waals surface area contributed by atoms with Crippen LogP contribution in [-0.2, 0) is 6.54 Å². The number of carbonyl (C=O) groups is 1. The lowest BCUT2D eigenvalue weighted by Crippen LogP contribution is -2.34. The van der Waals surface area contributed by atoms with Crippen molar-refractivity contribution in [3.8, 4) is 5.88 Å². The molecule has 0 N–H and O–H groups in total. The zero-order valence-corrected chi connectivity index (χ0v) is 14.8. The predicted octanol–water partition coefficient (Wildman–Crippen LogP) is 0.972. The molecule has 5 heterocycles. The van der Waals surface area contributed by atoms with E-state index in [1.54, 1.807) is 17.2 Å². The van der Waals surface area contributed by atoms with Crippen molar-refractivity contribution >= 4 is 11.7 Å². The number of likely N-dealkylation sites (tertiary alicyclic amines) is 1. The number of anilines is 1. The number of carbonyl (C=O) groups excluding carboxylic acids is 1. The summed E-state index contributed by atoms with van der Waals surface area (Å²) in [6.45, 7) is 6.97. The predicted molar refractivity (Wildman–Crippen MR) is 94.2 cm³/mol. The van der Waals surface area contributed by atoms with Crippen molar-refractivity contribution in [3.05, 3.63) is 29.8 Å². The summed E-state index contributed by atoms with van der Waals surface area (Å²) in [6.07, 6.45) is 6.06. The molecule has 2 aromatic heterocycles. The van der Waals surface area contributed by atoms with Crippen LogP contribution >= 0.6 is 0 Å². The van der Waals surface area contributed by atoms with Gasteiger partial charge in [-0.25, -0.2) is 14.6 Å². The molecule has 26 heavy (non-hydrogen) atoms. The van der Waals surface area contributed by atoms with Gasteiger partial charge in [0.15, 0.2) is 0 Å². The molecule has 5 rings (SSSR count). The first-order valence-corrected chi connectivity index (χ1v) is 9.20. The van der Waals surface area contributed by atoms with Gasteiger partial charge in [-0.1, -0.05) is 0 Å². The second-order valence-electron chi connectivity index (χ2n) is 7.45. The SMILES string of the molecule is Cc1cncnc1N1CC2CN(C(=O)c3cnn4c3OCCC4)CC2C1. The molecular formula is C18H22N6O2. The lowest BCUT2D eigenvalue weighted by molar-refractivity contribution is 0.0775. The van der Waals surface area contributed by atoms with Crippen LogP contribution in [0.5, 0.6) is 5.88 Å². The van der Waals surface area contributed by atoms with E-state index >= 15 is 0 Å². The van der Waals surface area contributed by atoms with Gasteiger partial charge in [-0.2, -0.15) is 5.10 Å². The molecule has 8 nitrogen and oxygen atoms in total. The topological polar surface area (TPSA) is 76.4 Å². The highest BCUT2D eigenvalue weighted by atomic mass is 16.5. The Morgan fingerprint density at radius 1 is 1.19 bits per heavy atom. The van der Waals surface area contributed by atoms with Crippen LogP contribution in [0.25, 0.3) is 0 Å². The van der Waals surface area contributed by atoms with Gasteiger partial charge in [0.1, 0.15) is 17.7 Å². The van der Waals surface area contributed by atoms with Crippen LogP contribution < -0.4 is 9.64 Å². The lowest BCUT2D eigenvalue weighted by atomic mass is 10.0. The Morgan fingerprint density at radius 3 is 2.77 bits per heavy atom. The van der Waals surface area contributed by atoms with E-state index in [0.717, 1.165) is 50.5 Å². The Hall–Kier alpha value is -2.64. The molecule has 1 amide bonds. The molecule has 0 aromatic carbocycles. The van der Waals surface area contributed by atoms with Gasteiger partial charge in [0.25, 0.3) is 5.91 Å². The Labute approximate surface area is 151 Å². The van der Waals surface area contributed by atoms with E-state index in [1.807, 2.05) is 18.0 Å². The number of aromatic nitrogens is 4. The van der Waals surface area contributed by atoms with Crippen molar-refractivity contribution in [1.29, 1.82) is 0 Å². The molecule has 3 aliphatic rings. The minimum absolute atomic E-state index is 0.0484. The zero-order valence-electron chi connectivity index (χ0n) is 14.8. The van der Waals surface area contributed by atoms with Gasteiger partial charge < -0.3 is 14.5 Å². The average molecular weight is 354 g/mol. The van der Waals surface area contributed by atoms with Crippen molar-refractivity contribution in [2.75, 3.05) is 37.7 Å². The van der Waals surface area contributed by atoms with Gasteiger partial charge in [0, 0.05) is 62.7 Å². The molecule has 0 radical (unpaired) electrons. The fourth-order valence-electron chi connectivity index (χ4n) is 4.44. The number of hydrogen-bond acceptors (Lipinski definition) is 6. The summed E-state index contributed by atoms with van der Waals surface area (Å²) in [5, 5.41) is 4.30. The van der Waals surface area contributed by atoms with Crippen molar-refractivity contribution in [1.82, 2.24) is 24.6 Å². The van der Waals surface area contributed by atoms with Crippen LogP contribution in [0.3, 0.4) is 0 Å². The lowest BCUT2D eigenvalue weighted by Gasteiger charge is -2.23. The van der Waals surface area contributed by atoms with E-state index in [2.05, 4.69) is 20.0 Å². The normalized spacial score (nSPS) is 24.3. The first-order valence-electron chi connectivity index (χ1n) is 9.20. The first kappa shape index (κ1) is 15.6. The Balaban J connectivity index is 1.29. The first-order chi connectivity index (χ1) is 12.7. The summed E-state index contributed by atoms with van der Waals surface area (Å²) in [5.74, 6) is 2.68. The standard InChI is InChI=1S/C18H22N6O2/c1-12-5-19-11-20-16(12)22-7-13-9-23(10-14(13)8-22)17(25)15-6-21-24-3-2-4-26-18(15)24/h5-6,11,13-14H,2-4,7-10H2,1H3. The Morgan fingerprint density at radius 2 is 2.00 bits per heavy atom. The van der Waals surface area contributed by atoms with E-state index in [0.29, 0.717) is 29.9 Å². The fourth-order valence-corrected chi connectivity index (χ4v) is 4.44. The maximum Gasteiger partial charge on any atom is 0.261 e. The molecule has 136 valence electrons. The minimum Gasteiger partial charge on any atom is -0.477 e. The summed E-state index contributed by atoms with van der Waals surface area (Å²) >= 11 is 0. The number of nitrogens with zero attached hydrogens (tertiary/aromatic N) is 6. The summed E-state index contributed by atoms with van der Waals surface area (Å²) in [4.78, 5) is 25.8. The van der Waals surface area contributed by atoms with E-state index in [1.165, 1.54) is 0 Å². The molecule has 2 atom stereocenters. The highest BCUT2D eigenvalue weighted by molar-refractivity contribution is 5.96. The summed E-state index contributed by atoms with van der Waals surface area (Å²) in [5.41, 5.74) is 1.71. The van der Waals surface area contributed by atoms with E-state index in [9.17, 15) is 4.79 Å². The summed E-state index contributed by atoms with van der Waals surface area (Å²) < 4.78 is 7.49. The smallest absolute Gasteiger partial charge is 0.261 e. The van der Waals surface area contributed by atoms with Crippen molar-refractivity contribution in [3.63, 3.8) is 0 Å². The Bertz CT molecular complexity index is 836. The van der Waals surface area contributed by atoms with Gasteiger partial charge in [0.2, 0.25) is 5.88 Å². The molecule has 2 unspecified atom stereocenters. The molecule has 3 aliphatic heterocycles. The number of ether oxygens (including phenoxy) is 1. The quantitative estimate of drug-likeness (QED) is 0.800. The number of hydrogen-bond donors (Lipinski definition) is 0. The highest BCUT2D eigenvalue weighted by Gasteiger charge is 2.43. The van der Waals surface area contributed by atoms with E-state index in [-0.39, 0.29) is 5.91 Å². The van der Waals surface area contributed by atoms with E-state index in [4.69, 9.17) is 4.74 Å². The highest BCUT2D eigenvalue weighted by Crippen LogP contribution is 2.35. The van der Waals surface area contributed by atoms with Gasteiger partial charge >= 0.3 is 0 Å². The molecule has 8 heteroatoms. The van der Waals surface area contributed by atoms with Crippen LogP contribution in [0, 0.1) is 18.8 Å². The summed E-state index contributed by atoms with van der Waals surface area (Å²) in [6, 6.07) is 0. The molecule has 0 saturated carbocycles. The molecule has 0 spiro atoms. The molecule has 0 bridgehead atoms. The molecule has 2 aromatic rings. The summed E-state index contributed by atoms with van der Waals surface area (Å²) in [7, 11) is 0. The van der Waals surface area contributed by atoms with Crippen LogP contribution in [0.1, 0.15) is 22.3 Å². The largest absolute Gasteiger partial charge is 0.477 e. The zero-order chi connectivity index (χ0) is 17.7. The van der Waals surface area contributed by atoms with Crippen LogP contribution in [-0.4, -0.2) is 63.3 Å². The van der Waals surface area contributed by atoms with Crippen molar-refractivity contribution < 1.29 is 9.53 Å². The average Bonchev–Trinajstić information content (AvgIpc) is 3.34. The molecular weight excluding hydrogens is 332 g/mol. The van der Waals surface area contributed by atoms with Crippen molar-refractivity contribution in [2.45, 2.75) is 19.9 Å². The van der Waals surface area contributed by atoms with E-state index < -0.39 is 0 Å². The fraction of sp³-hybridized carbons (Fsp3) is 0.556. The van der Waals surface area contributed by atoms with Crippen LogP contribution in [0.4, 0.5) is 5.82 Å². The van der Waals surface area contributed by atoms with Crippen molar-refractivity contribution in [2.24, 2.45) is 11.8 Å². The minimum atomic E-state index is 0.0484. The number of rotatable bonds is 2. The maximum absolute atomic E-state index is 13.0. The number of aryl methyl sites for hydroxylation is 2. The van der Waals surface area contributed by atoms with Crippen LogP contribution in [0.2, 0.25) is 0 Å². The Kier molecular flexibility index (Phi) is 3.58. The van der Waals surface area contributed by atoms with Gasteiger partial charge in [-0.05, 0) is 6.92 Å². The third-order valence-corrected chi connectivity index (χ3v) is 5.72. The van der Waals surface area contributed by atoms with Gasteiger partial charge in [0.05, 0.1) is 12.8 Å². The molecule has 2 fully saturated rings. The number of amides is 1.